The molecule has 0 aliphatic carbocycles. The second-order valence-corrected chi connectivity index (χ2v) is 7.03. The van der Waals surface area contributed by atoms with Crippen molar-refractivity contribution in [1.82, 2.24) is 19.8 Å². The number of aryl methyl sites for hydroxylation is 1. The van der Waals surface area contributed by atoms with E-state index in [2.05, 4.69) is 10.3 Å². The lowest BCUT2D eigenvalue weighted by Gasteiger charge is -2.42. The average molecular weight is 348 g/mol. The maximum Gasteiger partial charge on any atom is 0.276 e. The Kier molecular flexibility index (Phi) is 4.91. The zero-order valence-corrected chi connectivity index (χ0v) is 15.1. The summed E-state index contributed by atoms with van der Waals surface area (Å²) in [7, 11) is 1.62. The topological polar surface area (TPSA) is 82.6 Å². The van der Waals surface area contributed by atoms with Crippen LogP contribution in [0.1, 0.15) is 35.7 Å². The summed E-state index contributed by atoms with van der Waals surface area (Å²) in [6.45, 7) is 7.73. The first-order chi connectivity index (χ1) is 11.9. The minimum absolute atomic E-state index is 0.156. The number of hydrogen-bond donors (Lipinski definition) is 0. The third-order valence-corrected chi connectivity index (χ3v) is 3.98. The lowest BCUT2D eigenvalue weighted by molar-refractivity contribution is -0.143. The minimum atomic E-state index is -0.434. The molecule has 25 heavy (non-hydrogen) atoms. The molecule has 0 saturated carbocycles. The molecule has 0 radical (unpaired) electrons. The van der Waals surface area contributed by atoms with E-state index in [1.54, 1.807) is 29.0 Å². The van der Waals surface area contributed by atoms with E-state index in [-0.39, 0.29) is 12.0 Å². The molecule has 1 fully saturated rings. The lowest BCUT2D eigenvalue weighted by Crippen LogP contribution is -2.55. The van der Waals surface area contributed by atoms with Crippen LogP contribution in [0, 0.1) is 6.92 Å². The van der Waals surface area contributed by atoms with Gasteiger partial charge >= 0.3 is 0 Å². The third-order valence-electron chi connectivity index (χ3n) is 3.98. The number of carbonyl (C=O) groups is 1. The van der Waals surface area contributed by atoms with E-state index in [4.69, 9.17) is 14.0 Å². The number of nitrogens with zero attached hydrogens (tertiary/aromatic N) is 4. The van der Waals surface area contributed by atoms with Gasteiger partial charge in [0.05, 0.1) is 24.5 Å². The Hall–Kier alpha value is -2.19. The van der Waals surface area contributed by atoms with Crippen molar-refractivity contribution in [1.29, 1.82) is 0 Å². The van der Waals surface area contributed by atoms with E-state index in [0.29, 0.717) is 37.7 Å². The van der Waals surface area contributed by atoms with Gasteiger partial charge in [0.25, 0.3) is 5.91 Å². The van der Waals surface area contributed by atoms with Crippen LogP contribution in [-0.2, 0) is 16.0 Å². The third kappa shape index (κ3) is 4.26. The van der Waals surface area contributed by atoms with Gasteiger partial charge in [0.15, 0.2) is 11.5 Å². The number of rotatable bonds is 5. The van der Waals surface area contributed by atoms with Gasteiger partial charge in [-0.1, -0.05) is 5.16 Å². The highest BCUT2D eigenvalue weighted by molar-refractivity contribution is 5.92. The van der Waals surface area contributed by atoms with E-state index < -0.39 is 5.60 Å². The molecule has 1 aliphatic heterocycles. The molecule has 1 atom stereocenters. The summed E-state index contributed by atoms with van der Waals surface area (Å²) in [5.74, 6) is 0.427. The van der Waals surface area contributed by atoms with Crippen molar-refractivity contribution in [2.75, 3.05) is 26.8 Å². The fraction of sp³-hybridized carbons (Fsp3) is 0.588. The molecule has 2 aromatic heterocycles. The second-order valence-electron chi connectivity index (χ2n) is 7.03. The molecule has 1 aliphatic rings. The van der Waals surface area contributed by atoms with Gasteiger partial charge in [0, 0.05) is 32.5 Å². The monoisotopic (exact) mass is 348 g/mol. The van der Waals surface area contributed by atoms with E-state index in [0.717, 1.165) is 5.56 Å². The van der Waals surface area contributed by atoms with Crippen molar-refractivity contribution < 1.29 is 18.8 Å². The first-order valence-corrected chi connectivity index (χ1v) is 8.27. The Bertz CT molecular complexity index is 737. The maximum absolute atomic E-state index is 12.8. The number of methoxy groups -OCH3 is 1. The fourth-order valence-corrected chi connectivity index (χ4v) is 3.09. The number of hydrogen-bond acceptors (Lipinski definition) is 6. The summed E-state index contributed by atoms with van der Waals surface area (Å²) >= 11 is 0. The predicted molar refractivity (Wildman–Crippen MR) is 89.3 cm³/mol. The number of amides is 1. The highest BCUT2D eigenvalue weighted by Gasteiger charge is 2.36. The van der Waals surface area contributed by atoms with Crippen LogP contribution in [0.15, 0.2) is 23.0 Å². The second kappa shape index (κ2) is 6.97. The van der Waals surface area contributed by atoms with Gasteiger partial charge in [0.1, 0.15) is 6.54 Å². The molecule has 8 heteroatoms. The number of morpholine rings is 1. The van der Waals surface area contributed by atoms with Crippen LogP contribution in [0.4, 0.5) is 0 Å². The van der Waals surface area contributed by atoms with E-state index in [1.165, 1.54) is 0 Å². The molecule has 0 bridgehead atoms. The molecule has 1 amide bonds. The van der Waals surface area contributed by atoms with Crippen LogP contribution >= 0.6 is 0 Å². The van der Waals surface area contributed by atoms with Gasteiger partial charge in [-0.2, -0.15) is 5.10 Å². The molecular formula is C17H24N4O4. The molecule has 136 valence electrons. The largest absolute Gasteiger partial charge is 0.382 e. The lowest BCUT2D eigenvalue weighted by atomic mass is 10.0. The van der Waals surface area contributed by atoms with Crippen LogP contribution in [0.25, 0.3) is 0 Å². The first kappa shape index (κ1) is 17.6. The Morgan fingerprint density at radius 1 is 1.48 bits per heavy atom. The molecular weight excluding hydrogens is 324 g/mol. The van der Waals surface area contributed by atoms with Crippen molar-refractivity contribution in [2.24, 2.45) is 0 Å². The van der Waals surface area contributed by atoms with Gasteiger partial charge in [0.2, 0.25) is 0 Å². The van der Waals surface area contributed by atoms with Crippen LogP contribution in [0.2, 0.25) is 0 Å². The smallest absolute Gasteiger partial charge is 0.276 e. The molecule has 1 saturated heterocycles. The van der Waals surface area contributed by atoms with E-state index in [1.807, 2.05) is 27.0 Å². The molecule has 0 N–H and O–H groups in total. The van der Waals surface area contributed by atoms with E-state index >= 15 is 0 Å². The Balaban J connectivity index is 1.69. The van der Waals surface area contributed by atoms with Crippen LogP contribution in [0.5, 0.6) is 0 Å². The van der Waals surface area contributed by atoms with Gasteiger partial charge in [-0.05, 0) is 26.3 Å². The van der Waals surface area contributed by atoms with E-state index in [9.17, 15) is 4.79 Å². The molecule has 0 spiro atoms. The number of ether oxygens (including phenoxy) is 2. The molecule has 0 unspecified atom stereocenters. The standard InChI is InChI=1S/C17H24N4O4/c1-12-6-18-21(7-12)9-13-5-15(19-25-13)16(22)20-8-14(10-23-4)24-17(2,3)11-20/h5-7,14H,8-11H2,1-4H3/t14-/m0/s1. The van der Waals surface area contributed by atoms with Gasteiger partial charge in [-0.25, -0.2) is 0 Å². The zero-order chi connectivity index (χ0) is 18.0. The molecule has 3 rings (SSSR count). The normalized spacial score (nSPS) is 20.0. The summed E-state index contributed by atoms with van der Waals surface area (Å²) in [4.78, 5) is 14.5. The summed E-state index contributed by atoms with van der Waals surface area (Å²) < 4.78 is 18.2. The quantitative estimate of drug-likeness (QED) is 0.814. The van der Waals surface area contributed by atoms with Crippen molar-refractivity contribution in [3.8, 4) is 0 Å². The summed E-state index contributed by atoms with van der Waals surface area (Å²) in [6.07, 6.45) is 3.52. The van der Waals surface area contributed by atoms with Crippen LogP contribution in [0.3, 0.4) is 0 Å². The highest BCUT2D eigenvalue weighted by Crippen LogP contribution is 2.23. The SMILES string of the molecule is COC[C@@H]1CN(C(=O)c2cc(Cn3cc(C)cn3)on2)CC(C)(C)O1. The first-order valence-electron chi connectivity index (χ1n) is 8.27. The molecule has 2 aromatic rings. The van der Waals surface area contributed by atoms with Crippen molar-refractivity contribution in [3.05, 3.63) is 35.5 Å². The highest BCUT2D eigenvalue weighted by atomic mass is 16.5. The van der Waals surface area contributed by atoms with Crippen molar-refractivity contribution in [2.45, 2.75) is 39.0 Å². The summed E-state index contributed by atoms with van der Waals surface area (Å²) in [5.41, 5.74) is 0.930. The van der Waals surface area contributed by atoms with Gasteiger partial charge in [-0.15, -0.1) is 0 Å². The average Bonchev–Trinajstić information content (AvgIpc) is 3.15. The van der Waals surface area contributed by atoms with Gasteiger partial charge < -0.3 is 18.9 Å². The molecule has 8 nitrogen and oxygen atoms in total. The Labute approximate surface area is 146 Å². The molecule has 3 heterocycles. The van der Waals surface area contributed by atoms with Gasteiger partial charge in [-0.3, -0.25) is 9.48 Å². The van der Waals surface area contributed by atoms with Crippen molar-refractivity contribution >= 4 is 5.91 Å². The summed E-state index contributed by atoms with van der Waals surface area (Å²) in [5, 5.41) is 8.14. The number of carbonyl (C=O) groups excluding carboxylic acids is 1. The summed E-state index contributed by atoms with van der Waals surface area (Å²) in [6, 6.07) is 1.67. The Morgan fingerprint density at radius 2 is 2.28 bits per heavy atom. The molecule has 0 aromatic carbocycles. The number of aromatic nitrogens is 3. The minimum Gasteiger partial charge on any atom is -0.382 e. The van der Waals surface area contributed by atoms with Crippen LogP contribution in [-0.4, -0.2) is 64.3 Å². The fourth-order valence-electron chi connectivity index (χ4n) is 3.09. The van der Waals surface area contributed by atoms with Crippen LogP contribution < -0.4 is 0 Å². The van der Waals surface area contributed by atoms with Crippen molar-refractivity contribution in [3.63, 3.8) is 0 Å². The zero-order valence-electron chi connectivity index (χ0n) is 15.1. The maximum atomic E-state index is 12.8. The Morgan fingerprint density at radius 3 is 2.96 bits per heavy atom. The predicted octanol–water partition coefficient (Wildman–Crippen LogP) is 1.49.